The van der Waals surface area contributed by atoms with Crippen molar-refractivity contribution < 1.29 is 9.66 Å². The molecule has 0 saturated carbocycles. The van der Waals surface area contributed by atoms with Gasteiger partial charge in [-0.2, -0.15) is 0 Å². The fraction of sp³-hybridized carbons (Fsp3) is 0.250. The maximum absolute atomic E-state index is 10.7. The van der Waals surface area contributed by atoms with Crippen LogP contribution in [0, 0.1) is 10.1 Å². The maximum Gasteiger partial charge on any atom is 0.269 e. The van der Waals surface area contributed by atoms with Crippen LogP contribution in [0.3, 0.4) is 0 Å². The molecule has 2 aliphatic heterocycles. The molecule has 2 aromatic rings. The minimum Gasteiger partial charge on any atom is -0.489 e. The number of nitrogens with zero attached hydrogens (tertiary/aromatic N) is 3. The van der Waals surface area contributed by atoms with Gasteiger partial charge in [0.2, 0.25) is 0 Å². The Morgan fingerprint density at radius 2 is 1.89 bits per heavy atom. The van der Waals surface area contributed by atoms with Crippen molar-refractivity contribution in [2.45, 2.75) is 19.4 Å². The lowest BCUT2D eigenvalue weighted by Gasteiger charge is -2.21. The summed E-state index contributed by atoms with van der Waals surface area (Å²) < 4.78 is 5.80. The molecule has 0 aliphatic carbocycles. The first-order chi connectivity index (χ1) is 13.2. The van der Waals surface area contributed by atoms with E-state index in [2.05, 4.69) is 27.4 Å². The predicted octanol–water partition coefficient (Wildman–Crippen LogP) is 4.67. The monoisotopic (exact) mass is 381 g/mol. The second-order valence-corrected chi connectivity index (χ2v) is 7.22. The summed E-state index contributed by atoms with van der Waals surface area (Å²) in [5.74, 6) is 0.771. The lowest BCUT2D eigenvalue weighted by atomic mass is 10.1. The first-order valence-electron chi connectivity index (χ1n) is 8.86. The van der Waals surface area contributed by atoms with Crippen LogP contribution in [0.4, 0.5) is 5.69 Å². The smallest absolute Gasteiger partial charge is 0.269 e. The number of nitro benzene ring substituents is 1. The van der Waals surface area contributed by atoms with Gasteiger partial charge in [0, 0.05) is 30.6 Å². The van der Waals surface area contributed by atoms with E-state index in [1.54, 1.807) is 23.9 Å². The average Bonchev–Trinajstić information content (AvgIpc) is 2.95. The molecule has 6 nitrogen and oxygen atoms in total. The van der Waals surface area contributed by atoms with Crippen LogP contribution in [0.25, 0.3) is 5.70 Å². The highest BCUT2D eigenvalue weighted by Gasteiger charge is 2.24. The number of ether oxygens (including phenoxy) is 1. The number of fused-ring (bicyclic) bond motifs is 1. The molecular formula is C20H19N3O3S. The first kappa shape index (κ1) is 17.6. The van der Waals surface area contributed by atoms with Gasteiger partial charge in [0.15, 0.2) is 5.17 Å². The quantitative estimate of drug-likeness (QED) is 0.556. The van der Waals surface area contributed by atoms with E-state index in [-0.39, 0.29) is 5.69 Å². The van der Waals surface area contributed by atoms with E-state index >= 15 is 0 Å². The molecule has 138 valence electrons. The summed E-state index contributed by atoms with van der Waals surface area (Å²) in [7, 11) is 0. The molecule has 4 rings (SSSR count). The molecule has 27 heavy (non-hydrogen) atoms. The highest BCUT2D eigenvalue weighted by molar-refractivity contribution is 8.16. The van der Waals surface area contributed by atoms with E-state index in [4.69, 9.17) is 4.74 Å². The molecule has 0 aromatic heterocycles. The summed E-state index contributed by atoms with van der Waals surface area (Å²) in [6.07, 6.45) is 2.30. The summed E-state index contributed by atoms with van der Waals surface area (Å²) in [4.78, 5) is 17.2. The number of non-ortho nitro benzene ring substituents is 1. The average molecular weight is 381 g/mol. The third-order valence-corrected chi connectivity index (χ3v) is 5.44. The number of benzene rings is 2. The molecule has 0 amide bonds. The number of amidine groups is 1. The molecule has 2 heterocycles. The minimum absolute atomic E-state index is 0.0854. The van der Waals surface area contributed by atoms with Gasteiger partial charge in [-0.3, -0.25) is 15.1 Å². The highest BCUT2D eigenvalue weighted by Crippen LogP contribution is 2.35. The zero-order valence-electron chi connectivity index (χ0n) is 14.7. The zero-order chi connectivity index (χ0) is 18.6. The fourth-order valence-electron chi connectivity index (χ4n) is 3.06. The molecule has 0 fully saturated rings. The van der Waals surface area contributed by atoms with Crippen molar-refractivity contribution in [2.75, 3.05) is 13.1 Å². The molecule has 0 atom stereocenters. The molecule has 2 aliphatic rings. The van der Waals surface area contributed by atoms with Crippen molar-refractivity contribution in [3.8, 4) is 5.75 Å². The van der Waals surface area contributed by atoms with E-state index in [9.17, 15) is 10.1 Å². The van der Waals surface area contributed by atoms with Gasteiger partial charge in [0.05, 0.1) is 10.6 Å². The molecule has 2 aromatic carbocycles. The van der Waals surface area contributed by atoms with E-state index in [0.717, 1.165) is 48.0 Å². The van der Waals surface area contributed by atoms with Crippen LogP contribution < -0.4 is 4.74 Å². The van der Waals surface area contributed by atoms with E-state index < -0.39 is 4.92 Å². The van der Waals surface area contributed by atoms with Crippen molar-refractivity contribution in [1.29, 1.82) is 0 Å². The highest BCUT2D eigenvalue weighted by atomic mass is 32.2. The predicted molar refractivity (Wildman–Crippen MR) is 108 cm³/mol. The Bertz CT molecular complexity index is 892. The number of aliphatic imine (C=N–C) groups is 1. The Labute approximate surface area is 161 Å². The topological polar surface area (TPSA) is 68.0 Å². The van der Waals surface area contributed by atoms with Crippen molar-refractivity contribution in [1.82, 2.24) is 4.90 Å². The molecular weight excluding hydrogens is 362 g/mol. The third-order valence-electron chi connectivity index (χ3n) is 4.54. The molecule has 0 saturated heterocycles. The van der Waals surface area contributed by atoms with Crippen LogP contribution in [0.2, 0.25) is 0 Å². The van der Waals surface area contributed by atoms with E-state index in [1.807, 2.05) is 12.1 Å². The lowest BCUT2D eigenvalue weighted by Crippen LogP contribution is -2.23. The number of nitro groups is 1. The largest absolute Gasteiger partial charge is 0.489 e. The van der Waals surface area contributed by atoms with Crippen LogP contribution in [0.5, 0.6) is 5.75 Å². The molecule has 7 heteroatoms. The first-order valence-corrected chi connectivity index (χ1v) is 9.74. The van der Waals surface area contributed by atoms with E-state index in [0.29, 0.717) is 6.61 Å². The number of hydrogen-bond acceptors (Lipinski definition) is 6. The molecule has 0 N–H and O–H groups in total. The summed E-state index contributed by atoms with van der Waals surface area (Å²) in [6, 6.07) is 14.5. The molecule has 0 spiro atoms. The molecule has 0 unspecified atom stereocenters. The Balaban J connectivity index is 1.40. The molecule has 0 bridgehead atoms. The number of thioether (sulfide) groups is 1. The fourth-order valence-corrected chi connectivity index (χ4v) is 4.02. The zero-order valence-corrected chi connectivity index (χ0v) is 15.5. The maximum atomic E-state index is 10.7. The Morgan fingerprint density at radius 3 is 2.63 bits per heavy atom. The summed E-state index contributed by atoms with van der Waals surface area (Å²) in [5, 5.41) is 14.0. The van der Waals surface area contributed by atoms with Gasteiger partial charge in [-0.1, -0.05) is 11.8 Å². The summed E-state index contributed by atoms with van der Waals surface area (Å²) >= 11 is 1.69. The summed E-state index contributed by atoms with van der Waals surface area (Å²) in [5.41, 5.74) is 3.33. The van der Waals surface area contributed by atoms with Crippen molar-refractivity contribution in [2.24, 2.45) is 4.99 Å². The third kappa shape index (κ3) is 3.98. The van der Waals surface area contributed by atoms with Crippen LogP contribution >= 0.6 is 11.8 Å². The van der Waals surface area contributed by atoms with Gasteiger partial charge in [-0.05, 0) is 60.4 Å². The van der Waals surface area contributed by atoms with Gasteiger partial charge >= 0.3 is 0 Å². The number of rotatable bonds is 5. The van der Waals surface area contributed by atoms with E-state index in [1.165, 1.54) is 17.8 Å². The normalized spacial score (nSPS) is 16.2. The van der Waals surface area contributed by atoms with Gasteiger partial charge in [-0.15, -0.1) is 0 Å². The summed E-state index contributed by atoms with van der Waals surface area (Å²) in [6.45, 7) is 2.30. The second-order valence-electron chi connectivity index (χ2n) is 6.38. The van der Waals surface area contributed by atoms with Crippen LogP contribution in [-0.4, -0.2) is 28.1 Å². The Hall–Kier alpha value is -2.80. The minimum atomic E-state index is -0.403. The van der Waals surface area contributed by atoms with Gasteiger partial charge < -0.3 is 9.64 Å². The van der Waals surface area contributed by atoms with Gasteiger partial charge in [0.1, 0.15) is 12.4 Å². The van der Waals surface area contributed by atoms with Crippen LogP contribution in [0.1, 0.15) is 24.0 Å². The SMILES string of the molecule is O=[N+]([O-])c1ccc(COc2ccc(C3=CSC4=NCCCCN34)cc2)cc1. The number of hydrogen-bond donors (Lipinski definition) is 0. The van der Waals surface area contributed by atoms with Crippen molar-refractivity contribution in [3.05, 3.63) is 75.2 Å². The Morgan fingerprint density at radius 1 is 1.11 bits per heavy atom. The Kier molecular flexibility index (Phi) is 5.11. The lowest BCUT2D eigenvalue weighted by molar-refractivity contribution is -0.384. The van der Waals surface area contributed by atoms with Gasteiger partial charge in [-0.25, -0.2) is 0 Å². The van der Waals surface area contributed by atoms with Crippen LogP contribution in [-0.2, 0) is 6.61 Å². The second kappa shape index (κ2) is 7.84. The molecule has 0 radical (unpaired) electrons. The standard InChI is InChI=1S/C20H19N3O3S/c24-23(25)17-7-3-15(4-8-17)13-26-18-9-5-16(6-10-18)19-14-27-20-21-11-1-2-12-22(19)20/h3-10,14H,1-2,11-13H2. The van der Waals surface area contributed by atoms with Crippen molar-refractivity contribution in [3.63, 3.8) is 0 Å². The van der Waals surface area contributed by atoms with Crippen molar-refractivity contribution >= 4 is 28.3 Å². The van der Waals surface area contributed by atoms with Crippen LogP contribution in [0.15, 0.2) is 58.9 Å². The van der Waals surface area contributed by atoms with Gasteiger partial charge in [0.25, 0.3) is 5.69 Å².